The Hall–Kier alpha value is -1.56. The molecule has 1 aliphatic rings. The molecule has 1 fully saturated rings. The van der Waals surface area contributed by atoms with Crippen molar-refractivity contribution in [2.45, 2.75) is 44.1 Å². The number of ether oxygens (including phenoxy) is 2. The van der Waals surface area contributed by atoms with E-state index in [1.165, 1.54) is 0 Å². The van der Waals surface area contributed by atoms with E-state index in [0.29, 0.717) is 19.1 Å². The van der Waals surface area contributed by atoms with E-state index >= 15 is 0 Å². The van der Waals surface area contributed by atoms with E-state index in [2.05, 4.69) is 0 Å². The van der Waals surface area contributed by atoms with Gasteiger partial charge >= 0.3 is 6.09 Å². The number of carbonyl (C=O) groups is 1. The summed E-state index contributed by atoms with van der Waals surface area (Å²) >= 11 is 0. The Balaban J connectivity index is 1.84. The highest BCUT2D eigenvalue weighted by Gasteiger charge is 2.27. The zero-order chi connectivity index (χ0) is 17.7. The maximum Gasteiger partial charge on any atom is 0.410 e. The molecule has 0 spiro atoms. The third-order valence-corrected chi connectivity index (χ3v) is 4.75. The minimum Gasteiger partial charge on any atom is -0.493 e. The molecule has 1 saturated heterocycles. The largest absolute Gasteiger partial charge is 0.493 e. The van der Waals surface area contributed by atoms with Gasteiger partial charge in [0, 0.05) is 41.0 Å². The van der Waals surface area contributed by atoms with Crippen LogP contribution in [0.25, 0.3) is 0 Å². The van der Waals surface area contributed by atoms with E-state index in [9.17, 15) is 9.00 Å². The number of carbonyl (C=O) groups excluding carboxylic acids is 1. The van der Waals surface area contributed by atoms with Crippen LogP contribution in [0.15, 0.2) is 29.2 Å². The molecule has 0 saturated carbocycles. The highest BCUT2D eigenvalue weighted by molar-refractivity contribution is 7.84. The van der Waals surface area contributed by atoms with Crippen molar-refractivity contribution in [1.29, 1.82) is 0 Å². The molecule has 2 rings (SSSR count). The fraction of sp³-hybridized carbons (Fsp3) is 0.611. The van der Waals surface area contributed by atoms with E-state index < -0.39 is 16.4 Å². The topological polar surface area (TPSA) is 55.8 Å². The van der Waals surface area contributed by atoms with Crippen LogP contribution in [0.3, 0.4) is 0 Å². The molecule has 1 aromatic carbocycles. The van der Waals surface area contributed by atoms with Crippen molar-refractivity contribution in [3.63, 3.8) is 0 Å². The zero-order valence-electron chi connectivity index (χ0n) is 14.9. The molecular formula is C18H27NO4S. The van der Waals surface area contributed by atoms with E-state index in [0.717, 1.165) is 30.0 Å². The van der Waals surface area contributed by atoms with Crippen LogP contribution in [-0.4, -0.2) is 46.8 Å². The molecule has 0 aliphatic carbocycles. The molecule has 1 aliphatic heterocycles. The minimum absolute atomic E-state index is 0.248. The first-order chi connectivity index (χ1) is 11.2. The van der Waals surface area contributed by atoms with Crippen molar-refractivity contribution >= 4 is 16.9 Å². The second kappa shape index (κ2) is 8.01. The third kappa shape index (κ3) is 5.82. The highest BCUT2D eigenvalue weighted by atomic mass is 32.2. The van der Waals surface area contributed by atoms with Gasteiger partial charge < -0.3 is 14.4 Å². The monoisotopic (exact) mass is 353 g/mol. The van der Waals surface area contributed by atoms with Crippen LogP contribution < -0.4 is 4.74 Å². The summed E-state index contributed by atoms with van der Waals surface area (Å²) in [6, 6.07) is 7.31. The Morgan fingerprint density at radius 1 is 1.29 bits per heavy atom. The Bertz CT molecular complexity index is 580. The van der Waals surface area contributed by atoms with Crippen LogP contribution >= 0.6 is 0 Å². The molecule has 1 aromatic rings. The lowest BCUT2D eigenvalue weighted by Crippen LogP contribution is -2.44. The zero-order valence-corrected chi connectivity index (χ0v) is 15.7. The summed E-state index contributed by atoms with van der Waals surface area (Å²) in [4.78, 5) is 14.7. The summed E-state index contributed by atoms with van der Waals surface area (Å²) in [5.41, 5.74) is -0.471. The van der Waals surface area contributed by atoms with Crippen LogP contribution in [0.1, 0.15) is 33.6 Å². The molecule has 2 atom stereocenters. The summed E-state index contributed by atoms with van der Waals surface area (Å²) in [5, 5.41) is 0. The van der Waals surface area contributed by atoms with Gasteiger partial charge in [-0.3, -0.25) is 4.21 Å². The molecule has 0 aromatic heterocycles. The molecule has 1 amide bonds. The van der Waals surface area contributed by atoms with Crippen molar-refractivity contribution in [2.75, 3.05) is 26.0 Å². The first kappa shape index (κ1) is 18.8. The predicted octanol–water partition coefficient (Wildman–Crippen LogP) is 3.45. The Kier molecular flexibility index (Phi) is 6.27. The van der Waals surface area contributed by atoms with Crippen molar-refractivity contribution in [3.05, 3.63) is 24.3 Å². The van der Waals surface area contributed by atoms with Crippen LogP contribution in [0.5, 0.6) is 5.75 Å². The quantitative estimate of drug-likeness (QED) is 0.832. The van der Waals surface area contributed by atoms with Gasteiger partial charge in [-0.1, -0.05) is 0 Å². The van der Waals surface area contributed by atoms with Crippen LogP contribution in [0.4, 0.5) is 4.79 Å². The molecule has 0 N–H and O–H groups in total. The molecule has 1 heterocycles. The summed E-state index contributed by atoms with van der Waals surface area (Å²) in [5.74, 6) is 1.06. The number of amides is 1. The second-order valence-corrected chi connectivity index (χ2v) is 8.55. The molecule has 1 unspecified atom stereocenters. The summed E-state index contributed by atoms with van der Waals surface area (Å²) in [6.07, 6.45) is 3.41. The average molecular weight is 353 g/mol. The van der Waals surface area contributed by atoms with Crippen molar-refractivity contribution in [1.82, 2.24) is 4.90 Å². The first-order valence-electron chi connectivity index (χ1n) is 8.29. The van der Waals surface area contributed by atoms with E-state index in [4.69, 9.17) is 9.47 Å². The van der Waals surface area contributed by atoms with Gasteiger partial charge in [-0.2, -0.15) is 0 Å². The number of hydrogen-bond donors (Lipinski definition) is 0. The lowest BCUT2D eigenvalue weighted by Gasteiger charge is -2.34. The lowest BCUT2D eigenvalue weighted by molar-refractivity contribution is 0.0139. The van der Waals surface area contributed by atoms with E-state index in [-0.39, 0.29) is 6.09 Å². The first-order valence-corrected chi connectivity index (χ1v) is 9.84. The van der Waals surface area contributed by atoms with Gasteiger partial charge in [0.25, 0.3) is 0 Å². The van der Waals surface area contributed by atoms with Crippen molar-refractivity contribution in [3.8, 4) is 5.75 Å². The smallest absolute Gasteiger partial charge is 0.410 e. The fourth-order valence-corrected chi connectivity index (χ4v) is 3.15. The normalized spacial score (nSPS) is 19.7. The standard InChI is InChI=1S/C18H27NO4S/c1-18(2,3)23-17(20)19-11-5-6-14(12-19)13-22-15-7-9-16(10-8-15)24(4)21/h7-10,14H,5-6,11-13H2,1-4H3/t14-,24?/m1/s1. The van der Waals surface area contributed by atoms with Gasteiger partial charge in [-0.25, -0.2) is 4.79 Å². The molecule has 5 nitrogen and oxygen atoms in total. The maximum absolute atomic E-state index is 12.2. The molecule has 0 bridgehead atoms. The van der Waals surface area contributed by atoms with E-state index in [1.54, 1.807) is 11.2 Å². The predicted molar refractivity (Wildman–Crippen MR) is 94.8 cm³/mol. The number of rotatable bonds is 4. The molecule has 6 heteroatoms. The maximum atomic E-state index is 12.2. The Labute approximate surface area is 146 Å². The highest BCUT2D eigenvalue weighted by Crippen LogP contribution is 2.21. The summed E-state index contributed by atoms with van der Waals surface area (Å²) < 4.78 is 22.7. The number of benzene rings is 1. The molecular weight excluding hydrogens is 326 g/mol. The Morgan fingerprint density at radius 3 is 2.54 bits per heavy atom. The number of hydrogen-bond acceptors (Lipinski definition) is 4. The Morgan fingerprint density at radius 2 is 1.96 bits per heavy atom. The third-order valence-electron chi connectivity index (χ3n) is 3.81. The van der Waals surface area contributed by atoms with Crippen LogP contribution in [0, 0.1) is 5.92 Å². The van der Waals surface area contributed by atoms with Crippen LogP contribution in [0.2, 0.25) is 0 Å². The fourth-order valence-electron chi connectivity index (χ4n) is 2.63. The number of nitrogens with zero attached hydrogens (tertiary/aromatic N) is 1. The molecule has 134 valence electrons. The SMILES string of the molecule is CS(=O)c1ccc(OC[C@@H]2CCCN(C(=O)OC(C)(C)C)C2)cc1. The van der Waals surface area contributed by atoms with Crippen molar-refractivity contribution in [2.24, 2.45) is 5.92 Å². The van der Waals surface area contributed by atoms with Gasteiger partial charge in [0.05, 0.1) is 6.61 Å². The summed E-state index contributed by atoms with van der Waals surface area (Å²) in [7, 11) is -0.978. The summed E-state index contributed by atoms with van der Waals surface area (Å²) in [6.45, 7) is 7.59. The molecule has 24 heavy (non-hydrogen) atoms. The van der Waals surface area contributed by atoms with E-state index in [1.807, 2.05) is 45.0 Å². The van der Waals surface area contributed by atoms with Crippen molar-refractivity contribution < 1.29 is 18.5 Å². The van der Waals surface area contributed by atoms with Gasteiger partial charge in [0.1, 0.15) is 11.4 Å². The second-order valence-electron chi connectivity index (χ2n) is 7.17. The molecule has 0 radical (unpaired) electrons. The number of piperidine rings is 1. The number of likely N-dealkylation sites (tertiary alicyclic amines) is 1. The van der Waals surface area contributed by atoms with Gasteiger partial charge in [0.15, 0.2) is 0 Å². The average Bonchev–Trinajstić information content (AvgIpc) is 2.52. The van der Waals surface area contributed by atoms with Gasteiger partial charge in [-0.05, 0) is 57.9 Å². The lowest BCUT2D eigenvalue weighted by atomic mass is 9.99. The minimum atomic E-state index is -0.978. The van der Waals surface area contributed by atoms with Crippen LogP contribution in [-0.2, 0) is 15.5 Å². The van der Waals surface area contributed by atoms with Gasteiger partial charge in [-0.15, -0.1) is 0 Å². The van der Waals surface area contributed by atoms with Gasteiger partial charge in [0.2, 0.25) is 0 Å².